The molecule has 0 saturated carbocycles. The molecule has 0 spiro atoms. The molecule has 0 heterocycles. The van der Waals surface area contributed by atoms with E-state index in [1.54, 1.807) is 6.92 Å². The van der Waals surface area contributed by atoms with E-state index in [9.17, 15) is 4.79 Å². The summed E-state index contributed by atoms with van der Waals surface area (Å²) in [6.07, 6.45) is 0.883. The number of carbonyl (C=O) groups is 1. The first-order valence-electron chi connectivity index (χ1n) is 3.87. The highest BCUT2D eigenvalue weighted by Gasteiger charge is 2.06. The fourth-order valence-corrected chi connectivity index (χ4v) is 0.741. The average Bonchev–Trinajstić information content (AvgIpc) is 1.97. The minimum absolute atomic E-state index is 0.0204. The SMILES string of the molecule is CC(CC(=O)O)OCCCC#N. The second-order valence-electron chi connectivity index (χ2n) is 2.54. The summed E-state index contributed by atoms with van der Waals surface area (Å²) in [7, 11) is 0. The number of carboxylic acid groups (broad SMARTS) is 1. The highest BCUT2D eigenvalue weighted by Crippen LogP contribution is 1.99. The minimum Gasteiger partial charge on any atom is -0.481 e. The Hall–Kier alpha value is -1.08. The van der Waals surface area contributed by atoms with Crippen LogP contribution in [-0.2, 0) is 9.53 Å². The van der Waals surface area contributed by atoms with Crippen molar-refractivity contribution in [3.8, 4) is 6.07 Å². The fraction of sp³-hybridized carbons (Fsp3) is 0.750. The number of nitrogens with zero attached hydrogens (tertiary/aromatic N) is 1. The zero-order chi connectivity index (χ0) is 9.40. The van der Waals surface area contributed by atoms with Crippen molar-refractivity contribution in [1.29, 1.82) is 5.26 Å². The number of hydrogen-bond donors (Lipinski definition) is 1. The van der Waals surface area contributed by atoms with Crippen molar-refractivity contribution < 1.29 is 14.6 Å². The monoisotopic (exact) mass is 171 g/mol. The number of aliphatic carboxylic acids is 1. The number of nitriles is 1. The average molecular weight is 171 g/mol. The van der Waals surface area contributed by atoms with Gasteiger partial charge in [-0.15, -0.1) is 0 Å². The van der Waals surface area contributed by atoms with Crippen molar-refractivity contribution in [3.63, 3.8) is 0 Å². The molecular formula is C8H13NO3. The molecule has 4 nitrogen and oxygen atoms in total. The summed E-state index contributed by atoms with van der Waals surface area (Å²) in [5.41, 5.74) is 0. The van der Waals surface area contributed by atoms with E-state index in [1.807, 2.05) is 6.07 Å². The van der Waals surface area contributed by atoms with E-state index >= 15 is 0 Å². The van der Waals surface area contributed by atoms with E-state index in [2.05, 4.69) is 0 Å². The highest BCUT2D eigenvalue weighted by molar-refractivity contribution is 5.67. The first kappa shape index (κ1) is 10.9. The highest BCUT2D eigenvalue weighted by atomic mass is 16.5. The summed E-state index contributed by atoms with van der Waals surface area (Å²) in [5, 5.41) is 16.5. The molecule has 1 atom stereocenters. The molecule has 0 fully saturated rings. The van der Waals surface area contributed by atoms with Gasteiger partial charge in [-0.2, -0.15) is 5.26 Å². The van der Waals surface area contributed by atoms with Gasteiger partial charge in [0.25, 0.3) is 0 Å². The second kappa shape index (κ2) is 6.62. The van der Waals surface area contributed by atoms with E-state index in [4.69, 9.17) is 15.1 Å². The molecule has 0 saturated heterocycles. The Labute approximate surface area is 71.8 Å². The Kier molecular flexibility index (Phi) is 6.02. The molecule has 4 heteroatoms. The van der Waals surface area contributed by atoms with Crippen LogP contribution in [0.5, 0.6) is 0 Å². The standard InChI is InChI=1S/C8H13NO3/c1-7(6-8(10)11)12-5-3-2-4-9/h7H,2-3,5-6H2,1H3,(H,10,11). The van der Waals surface area contributed by atoms with Crippen LogP contribution in [0.3, 0.4) is 0 Å². The topological polar surface area (TPSA) is 70.3 Å². The van der Waals surface area contributed by atoms with Gasteiger partial charge < -0.3 is 9.84 Å². The van der Waals surface area contributed by atoms with Crippen LogP contribution in [0.15, 0.2) is 0 Å². The van der Waals surface area contributed by atoms with Crippen LogP contribution in [0.1, 0.15) is 26.2 Å². The molecule has 0 aromatic heterocycles. The largest absolute Gasteiger partial charge is 0.481 e. The quantitative estimate of drug-likeness (QED) is 0.609. The second-order valence-corrected chi connectivity index (χ2v) is 2.54. The molecule has 0 bridgehead atoms. The maximum Gasteiger partial charge on any atom is 0.305 e. The molecule has 68 valence electrons. The summed E-state index contributed by atoms with van der Waals surface area (Å²) in [6, 6.07) is 1.99. The normalized spacial score (nSPS) is 12.0. The molecule has 1 N–H and O–H groups in total. The zero-order valence-corrected chi connectivity index (χ0v) is 7.12. The molecule has 0 aliphatic rings. The van der Waals surface area contributed by atoms with Crippen molar-refractivity contribution >= 4 is 5.97 Å². The molecule has 0 amide bonds. The van der Waals surface area contributed by atoms with Crippen LogP contribution in [0.25, 0.3) is 0 Å². The number of hydrogen-bond acceptors (Lipinski definition) is 3. The lowest BCUT2D eigenvalue weighted by molar-refractivity contribution is -0.139. The van der Waals surface area contributed by atoms with Gasteiger partial charge in [0.15, 0.2) is 0 Å². The number of carboxylic acids is 1. The van der Waals surface area contributed by atoms with Crippen molar-refractivity contribution in [2.75, 3.05) is 6.61 Å². The smallest absolute Gasteiger partial charge is 0.305 e. The Morgan fingerprint density at radius 3 is 2.92 bits per heavy atom. The van der Waals surface area contributed by atoms with Crippen LogP contribution < -0.4 is 0 Å². The molecule has 12 heavy (non-hydrogen) atoms. The van der Waals surface area contributed by atoms with Gasteiger partial charge in [-0.1, -0.05) is 0 Å². The first-order chi connectivity index (χ1) is 5.66. The number of ether oxygens (including phenoxy) is 1. The van der Waals surface area contributed by atoms with Gasteiger partial charge in [0, 0.05) is 13.0 Å². The zero-order valence-electron chi connectivity index (χ0n) is 7.12. The lowest BCUT2D eigenvalue weighted by Crippen LogP contribution is -2.14. The van der Waals surface area contributed by atoms with Crippen molar-refractivity contribution in [1.82, 2.24) is 0 Å². The van der Waals surface area contributed by atoms with Crippen molar-refractivity contribution in [2.45, 2.75) is 32.3 Å². The third-order valence-electron chi connectivity index (χ3n) is 1.30. The predicted octanol–water partition coefficient (Wildman–Crippen LogP) is 1.17. The number of unbranched alkanes of at least 4 members (excludes halogenated alkanes) is 1. The number of rotatable bonds is 6. The molecule has 0 aliphatic carbocycles. The Bertz CT molecular complexity index is 174. The van der Waals surface area contributed by atoms with Gasteiger partial charge in [0.2, 0.25) is 0 Å². The van der Waals surface area contributed by atoms with E-state index in [-0.39, 0.29) is 12.5 Å². The Balaban J connectivity index is 3.26. The minimum atomic E-state index is -0.859. The van der Waals surface area contributed by atoms with Crippen molar-refractivity contribution in [2.24, 2.45) is 0 Å². The van der Waals surface area contributed by atoms with E-state index < -0.39 is 5.97 Å². The van der Waals surface area contributed by atoms with Gasteiger partial charge >= 0.3 is 5.97 Å². The fourth-order valence-electron chi connectivity index (χ4n) is 0.741. The summed E-state index contributed by atoms with van der Waals surface area (Å²) in [6.45, 7) is 2.17. The summed E-state index contributed by atoms with van der Waals surface area (Å²) in [5.74, 6) is -0.859. The first-order valence-corrected chi connectivity index (χ1v) is 3.87. The lowest BCUT2D eigenvalue weighted by atomic mass is 10.3. The lowest BCUT2D eigenvalue weighted by Gasteiger charge is -2.08. The molecule has 0 aromatic carbocycles. The maximum atomic E-state index is 10.2. The van der Waals surface area contributed by atoms with Crippen LogP contribution in [0.4, 0.5) is 0 Å². The summed E-state index contributed by atoms with van der Waals surface area (Å²) >= 11 is 0. The Morgan fingerprint density at radius 1 is 1.75 bits per heavy atom. The molecule has 1 unspecified atom stereocenters. The molecule has 0 radical (unpaired) electrons. The van der Waals surface area contributed by atoms with Crippen molar-refractivity contribution in [3.05, 3.63) is 0 Å². The van der Waals surface area contributed by atoms with Crippen LogP contribution in [-0.4, -0.2) is 23.8 Å². The van der Waals surface area contributed by atoms with Crippen LogP contribution >= 0.6 is 0 Å². The van der Waals surface area contributed by atoms with E-state index in [0.29, 0.717) is 19.4 Å². The molecule has 0 aliphatic heterocycles. The third kappa shape index (κ3) is 7.03. The van der Waals surface area contributed by atoms with Crippen LogP contribution in [0, 0.1) is 11.3 Å². The van der Waals surface area contributed by atoms with Gasteiger partial charge in [-0.05, 0) is 13.3 Å². The van der Waals surface area contributed by atoms with Crippen LogP contribution in [0.2, 0.25) is 0 Å². The maximum absolute atomic E-state index is 10.2. The third-order valence-corrected chi connectivity index (χ3v) is 1.30. The van der Waals surface area contributed by atoms with Gasteiger partial charge in [-0.25, -0.2) is 0 Å². The molecule has 0 aromatic rings. The van der Waals surface area contributed by atoms with E-state index in [0.717, 1.165) is 0 Å². The van der Waals surface area contributed by atoms with Gasteiger partial charge in [-0.3, -0.25) is 4.79 Å². The van der Waals surface area contributed by atoms with Gasteiger partial charge in [0.1, 0.15) is 0 Å². The van der Waals surface area contributed by atoms with E-state index in [1.165, 1.54) is 0 Å². The molecule has 0 rings (SSSR count). The predicted molar refractivity (Wildman–Crippen MR) is 42.5 cm³/mol. The molecular weight excluding hydrogens is 158 g/mol. The summed E-state index contributed by atoms with van der Waals surface area (Å²) < 4.78 is 5.12. The summed E-state index contributed by atoms with van der Waals surface area (Å²) in [4.78, 5) is 10.2. The Morgan fingerprint density at radius 2 is 2.42 bits per heavy atom. The van der Waals surface area contributed by atoms with Gasteiger partial charge in [0.05, 0.1) is 18.6 Å².